The van der Waals surface area contributed by atoms with E-state index >= 15 is 0 Å². The summed E-state index contributed by atoms with van der Waals surface area (Å²) < 4.78 is 0. The highest BCUT2D eigenvalue weighted by Crippen LogP contribution is 2.08. The quantitative estimate of drug-likeness (QED) is 0.767. The molecule has 6 nitrogen and oxygen atoms in total. The van der Waals surface area contributed by atoms with Crippen LogP contribution >= 0.6 is 0 Å². The molecule has 114 valence electrons. The number of urea groups is 1. The first kappa shape index (κ1) is 16.5. The number of hydrogen-bond acceptors (Lipinski definition) is 3. The first-order chi connectivity index (χ1) is 9.43. The van der Waals surface area contributed by atoms with Crippen LogP contribution in [0.4, 0.5) is 4.79 Å². The molecule has 0 atom stereocenters. The van der Waals surface area contributed by atoms with E-state index in [2.05, 4.69) is 6.58 Å². The molecule has 1 saturated heterocycles. The molecule has 1 heterocycles. The van der Waals surface area contributed by atoms with Gasteiger partial charge in [-0.25, -0.2) is 4.79 Å². The minimum Gasteiger partial charge on any atom is -0.480 e. The van der Waals surface area contributed by atoms with Crippen LogP contribution in [-0.4, -0.2) is 77.6 Å². The molecule has 1 N–H and O–H groups in total. The van der Waals surface area contributed by atoms with Crippen molar-refractivity contribution in [1.29, 1.82) is 0 Å². The van der Waals surface area contributed by atoms with Crippen LogP contribution in [0.15, 0.2) is 12.2 Å². The Labute approximate surface area is 120 Å². The van der Waals surface area contributed by atoms with Gasteiger partial charge in [-0.1, -0.05) is 12.2 Å². The highest BCUT2D eigenvalue weighted by atomic mass is 16.4. The van der Waals surface area contributed by atoms with E-state index < -0.39 is 5.97 Å². The summed E-state index contributed by atoms with van der Waals surface area (Å²) in [4.78, 5) is 28.6. The zero-order valence-corrected chi connectivity index (χ0v) is 12.5. The number of carboxylic acids is 1. The van der Waals surface area contributed by atoms with Crippen LogP contribution in [0.3, 0.4) is 0 Å². The van der Waals surface area contributed by atoms with E-state index in [-0.39, 0.29) is 12.6 Å². The van der Waals surface area contributed by atoms with Gasteiger partial charge in [0.15, 0.2) is 0 Å². The molecule has 0 unspecified atom stereocenters. The minimum absolute atomic E-state index is 0.0210. The monoisotopic (exact) mass is 283 g/mol. The van der Waals surface area contributed by atoms with Gasteiger partial charge in [0.25, 0.3) is 0 Å². The van der Waals surface area contributed by atoms with Crippen LogP contribution in [0, 0.1) is 0 Å². The van der Waals surface area contributed by atoms with Gasteiger partial charge in [-0.3, -0.25) is 9.69 Å². The van der Waals surface area contributed by atoms with Crippen molar-refractivity contribution < 1.29 is 14.7 Å². The minimum atomic E-state index is -0.817. The molecule has 0 saturated carbocycles. The molecule has 0 aromatic rings. The van der Waals surface area contributed by atoms with Crippen molar-refractivity contribution in [2.24, 2.45) is 0 Å². The lowest BCUT2D eigenvalue weighted by Crippen LogP contribution is -2.45. The summed E-state index contributed by atoms with van der Waals surface area (Å²) in [5.74, 6) is -0.817. The number of carboxylic acid groups (broad SMARTS) is 1. The van der Waals surface area contributed by atoms with Crippen molar-refractivity contribution in [3.05, 3.63) is 12.2 Å². The van der Waals surface area contributed by atoms with Crippen LogP contribution in [0.1, 0.15) is 20.3 Å². The van der Waals surface area contributed by atoms with Gasteiger partial charge in [0.2, 0.25) is 0 Å². The van der Waals surface area contributed by atoms with Gasteiger partial charge in [0.05, 0.1) is 6.54 Å². The predicted octanol–water partition coefficient (Wildman–Crippen LogP) is 1.10. The first-order valence-corrected chi connectivity index (χ1v) is 7.06. The maximum Gasteiger partial charge on any atom is 0.320 e. The molecular formula is C14H25N3O3. The van der Waals surface area contributed by atoms with Gasteiger partial charge < -0.3 is 14.9 Å². The number of carbonyl (C=O) groups is 2. The van der Waals surface area contributed by atoms with Gasteiger partial charge in [-0.05, 0) is 20.3 Å². The Hall–Kier alpha value is -1.56. The Morgan fingerprint density at radius 1 is 1.25 bits per heavy atom. The fraction of sp³-hybridized carbons (Fsp3) is 0.714. The van der Waals surface area contributed by atoms with Gasteiger partial charge >= 0.3 is 12.0 Å². The molecule has 20 heavy (non-hydrogen) atoms. The van der Waals surface area contributed by atoms with E-state index in [9.17, 15) is 9.59 Å². The lowest BCUT2D eigenvalue weighted by molar-refractivity contribution is -0.138. The third-order valence-corrected chi connectivity index (χ3v) is 3.33. The van der Waals surface area contributed by atoms with Gasteiger partial charge in [-0.15, -0.1) is 0 Å². The molecule has 1 rings (SSSR count). The number of aliphatic carboxylic acids is 1. The molecule has 2 amide bonds. The average molecular weight is 283 g/mol. The van der Waals surface area contributed by atoms with Gasteiger partial charge in [-0.2, -0.15) is 0 Å². The molecule has 0 aromatic carbocycles. The smallest absolute Gasteiger partial charge is 0.320 e. The fourth-order valence-electron chi connectivity index (χ4n) is 2.35. The average Bonchev–Trinajstić information content (AvgIpc) is 2.59. The highest BCUT2D eigenvalue weighted by molar-refractivity contribution is 5.74. The van der Waals surface area contributed by atoms with E-state index in [1.54, 1.807) is 4.90 Å². The SMILES string of the molecule is C=C(C)CN(CC)C(=O)N1CCCN(CC(=O)O)CC1. The zero-order valence-electron chi connectivity index (χ0n) is 12.5. The second kappa shape index (κ2) is 7.89. The van der Waals surface area contributed by atoms with Crippen LogP contribution in [-0.2, 0) is 4.79 Å². The van der Waals surface area contributed by atoms with Crippen molar-refractivity contribution in [1.82, 2.24) is 14.7 Å². The molecule has 0 aromatic heterocycles. The largest absolute Gasteiger partial charge is 0.480 e. The molecule has 6 heteroatoms. The lowest BCUT2D eigenvalue weighted by Gasteiger charge is -2.29. The first-order valence-electron chi connectivity index (χ1n) is 7.06. The van der Waals surface area contributed by atoms with Crippen molar-refractivity contribution in [3.8, 4) is 0 Å². The summed E-state index contributed by atoms with van der Waals surface area (Å²) >= 11 is 0. The standard InChI is InChI=1S/C14H25N3O3/c1-4-16(10-12(2)3)14(20)17-7-5-6-15(8-9-17)11-13(18)19/h2,4-11H2,1,3H3,(H,18,19). The molecule has 1 fully saturated rings. The van der Waals surface area contributed by atoms with E-state index in [0.29, 0.717) is 32.7 Å². The maximum atomic E-state index is 12.4. The number of amides is 2. The summed E-state index contributed by atoms with van der Waals surface area (Å²) in [6.45, 7) is 11.6. The number of likely N-dealkylation sites (N-methyl/N-ethyl adjacent to an activating group) is 1. The Bertz CT molecular complexity index is 371. The lowest BCUT2D eigenvalue weighted by atomic mass is 10.3. The maximum absolute atomic E-state index is 12.4. The topological polar surface area (TPSA) is 64.1 Å². The number of rotatable bonds is 5. The number of carbonyl (C=O) groups excluding carboxylic acids is 1. The third-order valence-electron chi connectivity index (χ3n) is 3.33. The Balaban J connectivity index is 2.56. The van der Waals surface area contributed by atoms with Crippen LogP contribution in [0.25, 0.3) is 0 Å². The van der Waals surface area contributed by atoms with E-state index in [1.165, 1.54) is 0 Å². The molecule has 1 aliphatic heterocycles. The van der Waals surface area contributed by atoms with Crippen LogP contribution in [0.2, 0.25) is 0 Å². The molecule has 0 bridgehead atoms. The normalized spacial score (nSPS) is 16.6. The fourth-order valence-corrected chi connectivity index (χ4v) is 2.35. The summed E-state index contributed by atoms with van der Waals surface area (Å²) in [6, 6.07) is 0.0210. The predicted molar refractivity (Wildman–Crippen MR) is 77.7 cm³/mol. The van der Waals surface area contributed by atoms with Gasteiger partial charge in [0.1, 0.15) is 0 Å². The van der Waals surface area contributed by atoms with E-state index in [0.717, 1.165) is 18.5 Å². The van der Waals surface area contributed by atoms with Gasteiger partial charge in [0, 0.05) is 39.3 Å². The summed E-state index contributed by atoms with van der Waals surface area (Å²) in [6.07, 6.45) is 0.809. The van der Waals surface area contributed by atoms with Crippen LogP contribution in [0.5, 0.6) is 0 Å². The van der Waals surface area contributed by atoms with Crippen molar-refractivity contribution in [2.75, 3.05) is 45.8 Å². The summed E-state index contributed by atoms with van der Waals surface area (Å²) in [5, 5.41) is 8.82. The molecule has 0 aliphatic carbocycles. The second-order valence-electron chi connectivity index (χ2n) is 5.26. The van der Waals surface area contributed by atoms with E-state index in [1.807, 2.05) is 23.6 Å². The Morgan fingerprint density at radius 3 is 2.50 bits per heavy atom. The summed E-state index contributed by atoms with van der Waals surface area (Å²) in [5.41, 5.74) is 0.961. The Kier molecular flexibility index (Phi) is 6.51. The number of hydrogen-bond donors (Lipinski definition) is 1. The van der Waals surface area contributed by atoms with E-state index in [4.69, 9.17) is 5.11 Å². The third kappa shape index (κ3) is 5.21. The number of nitrogens with zero attached hydrogens (tertiary/aromatic N) is 3. The highest BCUT2D eigenvalue weighted by Gasteiger charge is 2.23. The summed E-state index contributed by atoms with van der Waals surface area (Å²) in [7, 11) is 0. The second-order valence-corrected chi connectivity index (χ2v) is 5.26. The van der Waals surface area contributed by atoms with Crippen LogP contribution < -0.4 is 0 Å². The molecule has 1 aliphatic rings. The van der Waals surface area contributed by atoms with Crippen molar-refractivity contribution in [2.45, 2.75) is 20.3 Å². The van der Waals surface area contributed by atoms with Crippen molar-refractivity contribution in [3.63, 3.8) is 0 Å². The Morgan fingerprint density at radius 2 is 1.95 bits per heavy atom. The molecule has 0 radical (unpaired) electrons. The zero-order chi connectivity index (χ0) is 15.1. The molecular weight excluding hydrogens is 258 g/mol. The molecule has 0 spiro atoms. The van der Waals surface area contributed by atoms with Crippen molar-refractivity contribution >= 4 is 12.0 Å².